The highest BCUT2D eigenvalue weighted by atomic mass is 16.5. The highest BCUT2D eigenvalue weighted by Crippen LogP contribution is 2.13. The van der Waals surface area contributed by atoms with Gasteiger partial charge in [0, 0.05) is 12.2 Å². The number of hydrogen-bond donors (Lipinski definition) is 2. The van der Waals surface area contributed by atoms with Crippen LogP contribution in [0.3, 0.4) is 0 Å². The zero-order chi connectivity index (χ0) is 16.7. The Morgan fingerprint density at radius 1 is 1.26 bits per heavy atom. The first kappa shape index (κ1) is 16.2. The highest BCUT2D eigenvalue weighted by molar-refractivity contribution is 6.03. The van der Waals surface area contributed by atoms with Gasteiger partial charge in [0.1, 0.15) is 5.82 Å². The summed E-state index contributed by atoms with van der Waals surface area (Å²) in [4.78, 5) is 23.6. The average Bonchev–Trinajstić information content (AvgIpc) is 2.59. The number of esters is 1. The number of ether oxygens (including phenoxy) is 1. The quantitative estimate of drug-likeness (QED) is 0.627. The molecule has 0 spiro atoms. The summed E-state index contributed by atoms with van der Waals surface area (Å²) in [5.41, 5.74) is 0.978. The average molecular weight is 312 g/mol. The van der Waals surface area contributed by atoms with Gasteiger partial charge in [-0.05, 0) is 30.3 Å². The lowest BCUT2D eigenvalue weighted by atomic mass is 10.2. The van der Waals surface area contributed by atoms with E-state index in [4.69, 9.17) is 0 Å². The number of nitrogens with one attached hydrogen (secondary N) is 2. The van der Waals surface area contributed by atoms with Crippen LogP contribution in [0.25, 0.3) is 0 Å². The smallest absolute Gasteiger partial charge is 0.337 e. The number of hydrogen-bond acceptors (Lipinski definition) is 6. The van der Waals surface area contributed by atoms with Gasteiger partial charge in [-0.25, -0.2) is 4.79 Å². The molecule has 2 rings (SSSR count). The van der Waals surface area contributed by atoms with Crippen LogP contribution in [0.4, 0.5) is 11.5 Å². The Balaban J connectivity index is 2.06. The van der Waals surface area contributed by atoms with Crippen molar-refractivity contribution >= 4 is 23.4 Å². The molecule has 2 N–H and O–H groups in total. The molecule has 7 heteroatoms. The van der Waals surface area contributed by atoms with Crippen LogP contribution in [0.1, 0.15) is 20.8 Å². The fourth-order valence-electron chi connectivity index (χ4n) is 1.76. The second kappa shape index (κ2) is 7.69. The summed E-state index contributed by atoms with van der Waals surface area (Å²) >= 11 is 0. The molecule has 0 fully saturated rings. The van der Waals surface area contributed by atoms with Gasteiger partial charge in [0.2, 0.25) is 0 Å². The summed E-state index contributed by atoms with van der Waals surface area (Å²) < 4.78 is 4.64. The van der Waals surface area contributed by atoms with Gasteiger partial charge < -0.3 is 15.4 Å². The lowest BCUT2D eigenvalue weighted by molar-refractivity contribution is 0.0600. The number of amides is 1. The van der Waals surface area contributed by atoms with Gasteiger partial charge in [-0.3, -0.25) is 4.79 Å². The molecule has 0 atom stereocenters. The molecule has 0 unspecified atom stereocenters. The second-order valence-corrected chi connectivity index (χ2v) is 4.50. The van der Waals surface area contributed by atoms with Crippen LogP contribution in [0.2, 0.25) is 0 Å². The van der Waals surface area contributed by atoms with Crippen molar-refractivity contribution in [1.29, 1.82) is 0 Å². The summed E-state index contributed by atoms with van der Waals surface area (Å²) in [5.74, 6) is -0.345. The first-order chi connectivity index (χ1) is 11.1. The molecule has 0 bridgehead atoms. The predicted molar refractivity (Wildman–Crippen MR) is 86.5 cm³/mol. The number of aromatic nitrogens is 2. The Bertz CT molecular complexity index is 714. The second-order valence-electron chi connectivity index (χ2n) is 4.50. The van der Waals surface area contributed by atoms with Crippen molar-refractivity contribution in [2.24, 2.45) is 0 Å². The van der Waals surface area contributed by atoms with E-state index in [0.717, 1.165) is 0 Å². The number of anilines is 2. The van der Waals surface area contributed by atoms with Crippen LogP contribution in [0.15, 0.2) is 49.1 Å². The lowest BCUT2D eigenvalue weighted by Crippen LogP contribution is -2.15. The van der Waals surface area contributed by atoms with Crippen LogP contribution >= 0.6 is 0 Å². The minimum atomic E-state index is -0.474. The topological polar surface area (TPSA) is 93.2 Å². The fourth-order valence-corrected chi connectivity index (χ4v) is 1.76. The van der Waals surface area contributed by atoms with E-state index in [0.29, 0.717) is 23.6 Å². The van der Waals surface area contributed by atoms with E-state index in [1.807, 2.05) is 0 Å². The molecule has 0 saturated heterocycles. The van der Waals surface area contributed by atoms with Crippen molar-refractivity contribution in [2.75, 3.05) is 24.3 Å². The number of rotatable bonds is 6. The van der Waals surface area contributed by atoms with Crippen molar-refractivity contribution < 1.29 is 14.3 Å². The maximum atomic E-state index is 12.1. The van der Waals surface area contributed by atoms with E-state index in [-0.39, 0.29) is 5.69 Å². The van der Waals surface area contributed by atoms with Gasteiger partial charge in [-0.1, -0.05) is 12.1 Å². The number of benzene rings is 1. The van der Waals surface area contributed by atoms with Crippen molar-refractivity contribution in [3.63, 3.8) is 0 Å². The third-order valence-corrected chi connectivity index (χ3v) is 2.87. The van der Waals surface area contributed by atoms with Gasteiger partial charge in [0.05, 0.1) is 12.7 Å². The molecule has 0 aliphatic rings. The molecule has 0 aliphatic carbocycles. The fraction of sp³-hybridized carbons (Fsp3) is 0.125. The number of carbonyl (C=O) groups is 2. The zero-order valence-electron chi connectivity index (χ0n) is 12.6. The molecule has 0 saturated carbocycles. The summed E-state index contributed by atoms with van der Waals surface area (Å²) in [7, 11) is 1.30. The summed E-state index contributed by atoms with van der Waals surface area (Å²) in [5, 5.41) is 13.4. The van der Waals surface area contributed by atoms with E-state index in [2.05, 4.69) is 32.1 Å². The molecule has 1 amide bonds. The molecule has 1 aromatic heterocycles. The van der Waals surface area contributed by atoms with Gasteiger partial charge in [-0.2, -0.15) is 0 Å². The first-order valence-electron chi connectivity index (χ1n) is 6.82. The molecular weight excluding hydrogens is 296 g/mol. The molecule has 1 aromatic carbocycles. The molecular formula is C16H16N4O3. The highest BCUT2D eigenvalue weighted by Gasteiger charge is 2.11. The van der Waals surface area contributed by atoms with E-state index in [1.165, 1.54) is 13.2 Å². The minimum Gasteiger partial charge on any atom is -0.465 e. The normalized spacial score (nSPS) is 9.78. The van der Waals surface area contributed by atoms with E-state index in [9.17, 15) is 9.59 Å². The van der Waals surface area contributed by atoms with Gasteiger partial charge in [0.15, 0.2) is 5.69 Å². The van der Waals surface area contributed by atoms with Crippen LogP contribution in [-0.2, 0) is 4.74 Å². The van der Waals surface area contributed by atoms with Crippen LogP contribution in [0, 0.1) is 0 Å². The Morgan fingerprint density at radius 2 is 2.09 bits per heavy atom. The molecule has 0 aliphatic heterocycles. The molecule has 23 heavy (non-hydrogen) atoms. The maximum Gasteiger partial charge on any atom is 0.337 e. The Kier molecular flexibility index (Phi) is 5.40. The number of nitrogens with zero attached hydrogens (tertiary/aromatic N) is 2. The minimum absolute atomic E-state index is 0.164. The Morgan fingerprint density at radius 3 is 2.74 bits per heavy atom. The third-order valence-electron chi connectivity index (χ3n) is 2.87. The predicted octanol–water partition coefficient (Wildman–Crippen LogP) is 2.11. The molecule has 7 nitrogen and oxygen atoms in total. The standard InChI is InChI=1S/C16H16N4O3/c1-3-9-17-14-8-7-13(19-20-14)15(21)18-12-6-4-5-11(10-12)16(22)23-2/h3-8,10H,1,9H2,2H3,(H,17,20)(H,18,21). The van der Waals surface area contributed by atoms with E-state index in [1.54, 1.807) is 36.4 Å². The lowest BCUT2D eigenvalue weighted by Gasteiger charge is -2.07. The monoisotopic (exact) mass is 312 g/mol. The van der Waals surface area contributed by atoms with Crippen LogP contribution in [-0.4, -0.2) is 35.7 Å². The molecule has 1 heterocycles. The Hall–Kier alpha value is -3.22. The SMILES string of the molecule is C=CCNc1ccc(C(=O)Nc2cccc(C(=O)OC)c2)nn1. The van der Waals surface area contributed by atoms with E-state index < -0.39 is 11.9 Å². The number of carbonyl (C=O) groups excluding carboxylic acids is 2. The van der Waals surface area contributed by atoms with E-state index >= 15 is 0 Å². The Labute approximate surface area is 133 Å². The zero-order valence-corrected chi connectivity index (χ0v) is 12.6. The summed E-state index contributed by atoms with van der Waals surface area (Å²) in [6.45, 7) is 4.14. The molecule has 2 aromatic rings. The van der Waals surface area contributed by atoms with Crippen molar-refractivity contribution in [3.8, 4) is 0 Å². The van der Waals surface area contributed by atoms with Crippen LogP contribution in [0.5, 0.6) is 0 Å². The summed E-state index contributed by atoms with van der Waals surface area (Å²) in [6.07, 6.45) is 1.69. The van der Waals surface area contributed by atoms with Gasteiger partial charge in [0.25, 0.3) is 5.91 Å². The van der Waals surface area contributed by atoms with Gasteiger partial charge in [-0.15, -0.1) is 16.8 Å². The maximum absolute atomic E-state index is 12.1. The van der Waals surface area contributed by atoms with Crippen molar-refractivity contribution in [2.45, 2.75) is 0 Å². The molecule has 0 radical (unpaired) electrons. The van der Waals surface area contributed by atoms with Crippen molar-refractivity contribution in [3.05, 3.63) is 60.3 Å². The third kappa shape index (κ3) is 4.37. The van der Waals surface area contributed by atoms with Crippen LogP contribution < -0.4 is 10.6 Å². The summed E-state index contributed by atoms with van der Waals surface area (Å²) in [6, 6.07) is 9.64. The van der Waals surface area contributed by atoms with Crippen molar-refractivity contribution in [1.82, 2.24) is 10.2 Å². The largest absolute Gasteiger partial charge is 0.465 e. The number of methoxy groups -OCH3 is 1. The van der Waals surface area contributed by atoms with Gasteiger partial charge >= 0.3 is 5.97 Å². The first-order valence-corrected chi connectivity index (χ1v) is 6.82. The molecule has 118 valence electrons.